The Morgan fingerprint density at radius 2 is 2.00 bits per heavy atom. The number of carbonyl (C=O) groups is 2. The maximum absolute atomic E-state index is 11.7. The Hall–Kier alpha value is -2.76. The zero-order valence-electron chi connectivity index (χ0n) is 13.0. The average Bonchev–Trinajstić information content (AvgIpc) is 3.09. The van der Waals surface area contributed by atoms with Crippen LogP contribution in [0.2, 0.25) is 0 Å². The molecule has 0 radical (unpaired) electrons. The normalized spacial score (nSPS) is 10.1. The lowest BCUT2D eigenvalue weighted by Crippen LogP contribution is -2.31. The van der Waals surface area contributed by atoms with Crippen LogP contribution in [-0.4, -0.2) is 32.0 Å². The van der Waals surface area contributed by atoms with E-state index in [1.165, 1.54) is 6.26 Å². The lowest BCUT2D eigenvalue weighted by atomic mass is 10.1. The first kappa shape index (κ1) is 16.6. The van der Waals surface area contributed by atoms with E-state index < -0.39 is 0 Å². The number of benzene rings is 1. The molecule has 0 saturated heterocycles. The van der Waals surface area contributed by atoms with Crippen LogP contribution in [0.1, 0.15) is 22.5 Å². The minimum absolute atomic E-state index is 0.104. The average molecular weight is 316 g/mol. The van der Waals surface area contributed by atoms with Gasteiger partial charge in [-0.05, 0) is 36.2 Å². The minimum Gasteiger partial charge on any atom is -0.497 e. The fraction of sp³-hybridized carbons (Fsp3) is 0.294. The number of amides is 2. The highest BCUT2D eigenvalue weighted by Crippen LogP contribution is 2.12. The van der Waals surface area contributed by atoms with Crippen molar-refractivity contribution in [1.82, 2.24) is 10.6 Å². The van der Waals surface area contributed by atoms with E-state index in [0.29, 0.717) is 6.54 Å². The van der Waals surface area contributed by atoms with Crippen LogP contribution in [0.15, 0.2) is 47.1 Å². The summed E-state index contributed by atoms with van der Waals surface area (Å²) in [5.41, 5.74) is 1.09. The topological polar surface area (TPSA) is 80.6 Å². The largest absolute Gasteiger partial charge is 0.497 e. The molecule has 0 aliphatic heterocycles. The molecule has 0 aliphatic carbocycles. The molecule has 2 aromatic rings. The number of methoxy groups -OCH3 is 1. The Bertz CT molecular complexity index is 638. The second-order valence-electron chi connectivity index (χ2n) is 4.93. The molecule has 0 bridgehead atoms. The van der Waals surface area contributed by atoms with Gasteiger partial charge in [-0.1, -0.05) is 12.1 Å². The molecule has 0 aliphatic rings. The van der Waals surface area contributed by atoms with Gasteiger partial charge in [0.25, 0.3) is 5.91 Å². The molecule has 6 heteroatoms. The van der Waals surface area contributed by atoms with Crippen LogP contribution < -0.4 is 15.4 Å². The van der Waals surface area contributed by atoms with Crippen LogP contribution in [0.25, 0.3) is 0 Å². The molecule has 122 valence electrons. The summed E-state index contributed by atoms with van der Waals surface area (Å²) in [6.45, 7) is 0.808. The number of ether oxygens (including phenoxy) is 1. The van der Waals surface area contributed by atoms with Crippen LogP contribution in [0, 0.1) is 0 Å². The van der Waals surface area contributed by atoms with Crippen LogP contribution in [0.4, 0.5) is 0 Å². The molecule has 0 spiro atoms. The van der Waals surface area contributed by atoms with Gasteiger partial charge >= 0.3 is 0 Å². The van der Waals surface area contributed by atoms with Gasteiger partial charge in [0, 0.05) is 19.5 Å². The van der Waals surface area contributed by atoms with Gasteiger partial charge in [-0.3, -0.25) is 9.59 Å². The molecular formula is C17H20N2O4. The Morgan fingerprint density at radius 1 is 1.13 bits per heavy atom. The molecule has 0 fully saturated rings. The van der Waals surface area contributed by atoms with Crippen molar-refractivity contribution < 1.29 is 18.7 Å². The summed E-state index contributed by atoms with van der Waals surface area (Å²) in [6, 6.07) is 10.9. The summed E-state index contributed by atoms with van der Waals surface area (Å²) in [5.74, 6) is 0.615. The van der Waals surface area contributed by atoms with E-state index in [9.17, 15) is 9.59 Å². The van der Waals surface area contributed by atoms with E-state index in [2.05, 4.69) is 10.6 Å². The van der Waals surface area contributed by atoms with Crippen molar-refractivity contribution in [1.29, 1.82) is 0 Å². The van der Waals surface area contributed by atoms with Crippen molar-refractivity contribution in [3.05, 3.63) is 54.0 Å². The molecule has 6 nitrogen and oxygen atoms in total. The van der Waals surface area contributed by atoms with E-state index >= 15 is 0 Å². The highest BCUT2D eigenvalue weighted by atomic mass is 16.5. The summed E-state index contributed by atoms with van der Waals surface area (Å²) in [7, 11) is 1.62. The smallest absolute Gasteiger partial charge is 0.286 e. The molecule has 2 rings (SSSR count). The van der Waals surface area contributed by atoms with Gasteiger partial charge in [0.1, 0.15) is 5.75 Å². The summed E-state index contributed by atoms with van der Waals surface area (Å²) >= 11 is 0. The number of furan rings is 1. The SMILES string of the molecule is COc1cccc(CCNC(=O)CCNC(=O)c2ccco2)c1. The first-order chi connectivity index (χ1) is 11.2. The van der Waals surface area contributed by atoms with Crippen LogP contribution in [0.3, 0.4) is 0 Å². The zero-order chi connectivity index (χ0) is 16.5. The Morgan fingerprint density at radius 3 is 2.74 bits per heavy atom. The Balaban J connectivity index is 1.62. The maximum atomic E-state index is 11.7. The maximum Gasteiger partial charge on any atom is 0.286 e. The highest BCUT2D eigenvalue weighted by molar-refractivity contribution is 5.91. The molecule has 1 aromatic carbocycles. The van der Waals surface area contributed by atoms with Crippen LogP contribution >= 0.6 is 0 Å². The summed E-state index contributed by atoms with van der Waals surface area (Å²) < 4.78 is 10.1. The van der Waals surface area contributed by atoms with Gasteiger partial charge in [-0.2, -0.15) is 0 Å². The monoisotopic (exact) mass is 316 g/mol. The molecule has 23 heavy (non-hydrogen) atoms. The predicted molar refractivity (Wildman–Crippen MR) is 85.4 cm³/mol. The fourth-order valence-electron chi connectivity index (χ4n) is 2.05. The van der Waals surface area contributed by atoms with E-state index in [-0.39, 0.29) is 30.5 Å². The van der Waals surface area contributed by atoms with E-state index in [4.69, 9.17) is 9.15 Å². The Kier molecular flexibility index (Phi) is 6.23. The number of hydrogen-bond donors (Lipinski definition) is 2. The van der Waals surface area contributed by atoms with Crippen molar-refractivity contribution in [3.8, 4) is 5.75 Å². The number of hydrogen-bond acceptors (Lipinski definition) is 4. The first-order valence-electron chi connectivity index (χ1n) is 7.40. The summed E-state index contributed by atoms with van der Waals surface area (Å²) in [6.07, 6.45) is 2.38. The molecule has 2 amide bonds. The van der Waals surface area contributed by atoms with Crippen molar-refractivity contribution in [2.24, 2.45) is 0 Å². The minimum atomic E-state index is -0.320. The highest BCUT2D eigenvalue weighted by Gasteiger charge is 2.08. The number of nitrogens with one attached hydrogen (secondary N) is 2. The quantitative estimate of drug-likeness (QED) is 0.778. The second kappa shape index (κ2) is 8.63. The van der Waals surface area contributed by atoms with Crippen molar-refractivity contribution in [2.75, 3.05) is 20.2 Å². The van der Waals surface area contributed by atoms with Gasteiger partial charge in [0.05, 0.1) is 13.4 Å². The number of carbonyl (C=O) groups excluding carboxylic acids is 2. The molecule has 0 saturated carbocycles. The van der Waals surface area contributed by atoms with Gasteiger partial charge in [0.2, 0.25) is 5.91 Å². The third-order valence-electron chi connectivity index (χ3n) is 3.25. The summed E-state index contributed by atoms with van der Waals surface area (Å²) in [5, 5.41) is 5.45. The van der Waals surface area contributed by atoms with E-state index in [1.54, 1.807) is 19.2 Å². The summed E-state index contributed by atoms with van der Waals surface area (Å²) in [4.78, 5) is 23.3. The predicted octanol–water partition coefficient (Wildman–Crippen LogP) is 1.77. The number of rotatable bonds is 8. The molecule has 1 heterocycles. The molecular weight excluding hydrogens is 296 g/mol. The van der Waals surface area contributed by atoms with Gasteiger partial charge < -0.3 is 19.8 Å². The van der Waals surface area contributed by atoms with Crippen molar-refractivity contribution in [3.63, 3.8) is 0 Å². The van der Waals surface area contributed by atoms with Crippen LogP contribution in [-0.2, 0) is 11.2 Å². The van der Waals surface area contributed by atoms with Crippen molar-refractivity contribution in [2.45, 2.75) is 12.8 Å². The molecule has 2 N–H and O–H groups in total. The van der Waals surface area contributed by atoms with E-state index in [1.807, 2.05) is 24.3 Å². The standard InChI is InChI=1S/C17H20N2O4/c1-22-14-5-2-4-13(12-14)7-9-18-16(20)8-10-19-17(21)15-6-3-11-23-15/h2-6,11-12H,7-10H2,1H3,(H,18,20)(H,19,21). The molecule has 0 unspecified atom stereocenters. The van der Waals surface area contributed by atoms with E-state index in [0.717, 1.165) is 17.7 Å². The third kappa shape index (κ3) is 5.50. The second-order valence-corrected chi connectivity index (χ2v) is 4.93. The van der Waals surface area contributed by atoms with Gasteiger partial charge in [0.15, 0.2) is 5.76 Å². The fourth-order valence-corrected chi connectivity index (χ4v) is 2.05. The molecule has 1 aromatic heterocycles. The van der Waals surface area contributed by atoms with Gasteiger partial charge in [-0.15, -0.1) is 0 Å². The Labute approximate surface area is 134 Å². The lowest BCUT2D eigenvalue weighted by molar-refractivity contribution is -0.120. The van der Waals surface area contributed by atoms with Gasteiger partial charge in [-0.25, -0.2) is 0 Å². The lowest BCUT2D eigenvalue weighted by Gasteiger charge is -2.07. The molecule has 0 atom stereocenters. The van der Waals surface area contributed by atoms with Crippen LogP contribution in [0.5, 0.6) is 5.75 Å². The van der Waals surface area contributed by atoms with Crippen molar-refractivity contribution >= 4 is 11.8 Å². The third-order valence-corrected chi connectivity index (χ3v) is 3.25. The first-order valence-corrected chi connectivity index (χ1v) is 7.40. The zero-order valence-corrected chi connectivity index (χ0v) is 13.0.